The van der Waals surface area contributed by atoms with Crippen molar-refractivity contribution in [3.63, 3.8) is 0 Å². The molecule has 1 aliphatic heterocycles. The summed E-state index contributed by atoms with van der Waals surface area (Å²) >= 11 is 0. The van der Waals surface area contributed by atoms with Gasteiger partial charge < -0.3 is 10.0 Å². The maximum absolute atomic E-state index is 9.18. The van der Waals surface area contributed by atoms with E-state index in [-0.39, 0.29) is 6.10 Å². The van der Waals surface area contributed by atoms with Crippen LogP contribution in [0.4, 0.5) is 0 Å². The van der Waals surface area contributed by atoms with Crippen molar-refractivity contribution in [3.8, 4) is 0 Å². The molecule has 2 nitrogen and oxygen atoms in total. The van der Waals surface area contributed by atoms with Gasteiger partial charge in [0.1, 0.15) is 0 Å². The highest BCUT2D eigenvalue weighted by Gasteiger charge is 2.27. The van der Waals surface area contributed by atoms with Gasteiger partial charge in [-0.15, -0.1) is 0 Å². The van der Waals surface area contributed by atoms with Crippen LogP contribution in [0.1, 0.15) is 24.8 Å². The first kappa shape index (κ1) is 10.7. The maximum atomic E-state index is 9.18. The Morgan fingerprint density at radius 1 is 1.33 bits per heavy atom. The van der Waals surface area contributed by atoms with E-state index in [1.165, 1.54) is 5.56 Å². The fraction of sp³-hybridized carbons (Fsp3) is 0.538. The van der Waals surface area contributed by atoms with E-state index in [0.717, 1.165) is 26.1 Å². The number of hydrogen-bond acceptors (Lipinski definition) is 2. The molecule has 1 unspecified atom stereocenters. The van der Waals surface area contributed by atoms with Crippen LogP contribution in [0.2, 0.25) is 0 Å². The van der Waals surface area contributed by atoms with E-state index < -0.39 is 0 Å². The SMILES string of the molecule is CC(O)CCN1CC(c2ccccc2)C1. The van der Waals surface area contributed by atoms with E-state index in [1.807, 2.05) is 6.92 Å². The molecule has 0 bridgehead atoms. The highest BCUT2D eigenvalue weighted by Crippen LogP contribution is 2.26. The van der Waals surface area contributed by atoms with Gasteiger partial charge in [0.2, 0.25) is 0 Å². The summed E-state index contributed by atoms with van der Waals surface area (Å²) in [5.74, 6) is 0.709. The van der Waals surface area contributed by atoms with Gasteiger partial charge >= 0.3 is 0 Å². The predicted molar refractivity (Wildman–Crippen MR) is 61.9 cm³/mol. The van der Waals surface area contributed by atoms with Gasteiger partial charge in [-0.1, -0.05) is 30.3 Å². The molecule has 0 aliphatic carbocycles. The van der Waals surface area contributed by atoms with Crippen molar-refractivity contribution < 1.29 is 5.11 Å². The molecule has 1 aromatic carbocycles. The van der Waals surface area contributed by atoms with Crippen molar-refractivity contribution >= 4 is 0 Å². The van der Waals surface area contributed by atoms with E-state index in [0.29, 0.717) is 5.92 Å². The summed E-state index contributed by atoms with van der Waals surface area (Å²) in [6.07, 6.45) is 0.724. The van der Waals surface area contributed by atoms with Crippen LogP contribution < -0.4 is 0 Å². The largest absolute Gasteiger partial charge is 0.393 e. The molecule has 82 valence electrons. The van der Waals surface area contributed by atoms with Crippen LogP contribution in [0.3, 0.4) is 0 Å². The number of hydrogen-bond donors (Lipinski definition) is 1. The molecule has 1 atom stereocenters. The van der Waals surface area contributed by atoms with Gasteiger partial charge in [-0.2, -0.15) is 0 Å². The third kappa shape index (κ3) is 2.80. The fourth-order valence-corrected chi connectivity index (χ4v) is 2.06. The molecule has 1 aromatic rings. The number of rotatable bonds is 4. The number of benzene rings is 1. The quantitative estimate of drug-likeness (QED) is 0.811. The summed E-state index contributed by atoms with van der Waals surface area (Å²) < 4.78 is 0. The zero-order valence-corrected chi connectivity index (χ0v) is 9.26. The van der Waals surface area contributed by atoms with E-state index in [1.54, 1.807) is 0 Å². The zero-order valence-electron chi connectivity index (χ0n) is 9.26. The molecule has 1 N–H and O–H groups in total. The van der Waals surface area contributed by atoms with E-state index in [9.17, 15) is 5.11 Å². The first-order chi connectivity index (χ1) is 7.25. The van der Waals surface area contributed by atoms with Gasteiger partial charge in [0.05, 0.1) is 6.10 Å². The van der Waals surface area contributed by atoms with Crippen LogP contribution in [0.5, 0.6) is 0 Å². The molecular weight excluding hydrogens is 186 g/mol. The Hall–Kier alpha value is -0.860. The first-order valence-corrected chi connectivity index (χ1v) is 5.71. The summed E-state index contributed by atoms with van der Waals surface area (Å²) in [6.45, 7) is 5.18. The lowest BCUT2D eigenvalue weighted by atomic mass is 9.91. The molecular formula is C13H19NO. The average molecular weight is 205 g/mol. The van der Waals surface area contributed by atoms with E-state index >= 15 is 0 Å². The molecule has 1 fully saturated rings. The molecule has 15 heavy (non-hydrogen) atoms. The lowest BCUT2D eigenvalue weighted by Gasteiger charge is -2.39. The Bertz CT molecular complexity index is 291. The van der Waals surface area contributed by atoms with Crippen LogP contribution in [0, 0.1) is 0 Å². The molecule has 0 spiro atoms. The van der Waals surface area contributed by atoms with Crippen molar-refractivity contribution in [1.29, 1.82) is 0 Å². The van der Waals surface area contributed by atoms with Gasteiger partial charge in [0.15, 0.2) is 0 Å². The minimum Gasteiger partial charge on any atom is -0.393 e. The third-order valence-corrected chi connectivity index (χ3v) is 3.09. The first-order valence-electron chi connectivity index (χ1n) is 5.71. The molecule has 1 saturated heterocycles. The normalized spacial score (nSPS) is 19.9. The number of aliphatic hydroxyl groups is 1. The lowest BCUT2D eigenvalue weighted by Crippen LogP contribution is -2.45. The molecule has 0 amide bonds. The molecule has 0 saturated carbocycles. The second kappa shape index (κ2) is 4.77. The van der Waals surface area contributed by atoms with Crippen LogP contribution in [-0.2, 0) is 0 Å². The van der Waals surface area contributed by atoms with Crippen LogP contribution >= 0.6 is 0 Å². The second-order valence-corrected chi connectivity index (χ2v) is 4.50. The highest BCUT2D eigenvalue weighted by molar-refractivity contribution is 5.22. The third-order valence-electron chi connectivity index (χ3n) is 3.09. The van der Waals surface area contributed by atoms with Crippen molar-refractivity contribution in [1.82, 2.24) is 4.90 Å². The molecule has 2 heteroatoms. The standard InChI is InChI=1S/C13H19NO/c1-11(15)7-8-14-9-13(10-14)12-5-3-2-4-6-12/h2-6,11,13,15H,7-10H2,1H3. The second-order valence-electron chi connectivity index (χ2n) is 4.50. The smallest absolute Gasteiger partial charge is 0.0524 e. The fourth-order valence-electron chi connectivity index (χ4n) is 2.06. The number of nitrogens with zero attached hydrogens (tertiary/aromatic N) is 1. The van der Waals surface area contributed by atoms with Crippen molar-refractivity contribution in [2.75, 3.05) is 19.6 Å². The predicted octanol–water partition coefficient (Wildman–Crippen LogP) is 1.86. The Morgan fingerprint density at radius 3 is 2.60 bits per heavy atom. The summed E-state index contributed by atoms with van der Waals surface area (Å²) in [5.41, 5.74) is 1.45. The van der Waals surface area contributed by atoms with Crippen LogP contribution in [-0.4, -0.2) is 35.7 Å². The van der Waals surface area contributed by atoms with Crippen molar-refractivity contribution in [3.05, 3.63) is 35.9 Å². The Kier molecular flexibility index (Phi) is 3.39. The summed E-state index contributed by atoms with van der Waals surface area (Å²) in [4.78, 5) is 2.41. The molecule has 2 rings (SSSR count). The Labute approximate surface area is 91.5 Å². The lowest BCUT2D eigenvalue weighted by molar-refractivity contribution is 0.109. The monoisotopic (exact) mass is 205 g/mol. The topological polar surface area (TPSA) is 23.5 Å². The van der Waals surface area contributed by atoms with E-state index in [2.05, 4.69) is 35.2 Å². The van der Waals surface area contributed by atoms with Crippen LogP contribution in [0.15, 0.2) is 30.3 Å². The van der Waals surface area contributed by atoms with Gasteiger partial charge in [-0.25, -0.2) is 0 Å². The van der Waals surface area contributed by atoms with Gasteiger partial charge in [0, 0.05) is 25.6 Å². The van der Waals surface area contributed by atoms with Gasteiger partial charge in [-0.05, 0) is 18.9 Å². The van der Waals surface area contributed by atoms with Crippen LogP contribution in [0.25, 0.3) is 0 Å². The van der Waals surface area contributed by atoms with Gasteiger partial charge in [0.25, 0.3) is 0 Å². The molecule has 1 heterocycles. The highest BCUT2D eigenvalue weighted by atomic mass is 16.3. The summed E-state index contributed by atoms with van der Waals surface area (Å²) in [7, 11) is 0. The summed E-state index contributed by atoms with van der Waals surface area (Å²) in [5, 5.41) is 9.18. The van der Waals surface area contributed by atoms with Gasteiger partial charge in [-0.3, -0.25) is 0 Å². The maximum Gasteiger partial charge on any atom is 0.0524 e. The zero-order chi connectivity index (χ0) is 10.7. The van der Waals surface area contributed by atoms with E-state index in [4.69, 9.17) is 0 Å². The number of aliphatic hydroxyl groups excluding tert-OH is 1. The summed E-state index contributed by atoms with van der Waals surface area (Å²) in [6, 6.07) is 10.7. The van der Waals surface area contributed by atoms with Crippen molar-refractivity contribution in [2.24, 2.45) is 0 Å². The molecule has 1 aliphatic rings. The minimum atomic E-state index is -0.166. The minimum absolute atomic E-state index is 0.166. The molecule has 0 radical (unpaired) electrons. The number of likely N-dealkylation sites (tertiary alicyclic amines) is 1. The average Bonchev–Trinajstić information content (AvgIpc) is 2.16. The Morgan fingerprint density at radius 2 is 2.00 bits per heavy atom. The molecule has 0 aromatic heterocycles. The van der Waals surface area contributed by atoms with Crippen molar-refractivity contribution in [2.45, 2.75) is 25.4 Å². The Balaban J connectivity index is 1.74.